The van der Waals surface area contributed by atoms with E-state index in [1.165, 1.54) is 10.9 Å². The van der Waals surface area contributed by atoms with Crippen molar-refractivity contribution in [1.29, 1.82) is 0 Å². The van der Waals surface area contributed by atoms with Crippen LogP contribution < -0.4 is 5.73 Å². The molecule has 2 rings (SSSR count). The minimum atomic E-state index is -0.279. The molecule has 0 aliphatic rings. The van der Waals surface area contributed by atoms with Crippen LogP contribution in [0.2, 0.25) is 0 Å². The minimum Gasteiger partial charge on any atom is -0.393 e. The summed E-state index contributed by atoms with van der Waals surface area (Å²) in [7, 11) is 0. The Balaban J connectivity index is 2.04. The van der Waals surface area contributed by atoms with Gasteiger partial charge in [-0.1, -0.05) is 18.2 Å². The Morgan fingerprint density at radius 1 is 1.25 bits per heavy atom. The van der Waals surface area contributed by atoms with Crippen LogP contribution >= 0.6 is 0 Å². The fourth-order valence-electron chi connectivity index (χ4n) is 2.00. The maximum atomic E-state index is 9.63. The molecular formula is C13H18N2O. The summed E-state index contributed by atoms with van der Waals surface area (Å²) in [4.78, 5) is 3.24. The van der Waals surface area contributed by atoms with E-state index in [0.717, 1.165) is 18.4 Å². The molecule has 16 heavy (non-hydrogen) atoms. The van der Waals surface area contributed by atoms with Crippen LogP contribution in [0.15, 0.2) is 30.5 Å². The lowest BCUT2D eigenvalue weighted by molar-refractivity contribution is 0.157. The molecule has 1 heterocycles. The van der Waals surface area contributed by atoms with Crippen molar-refractivity contribution >= 4 is 10.9 Å². The van der Waals surface area contributed by atoms with Crippen LogP contribution in [0, 0.1) is 0 Å². The zero-order valence-electron chi connectivity index (χ0n) is 9.32. The number of para-hydroxylation sites is 1. The number of benzene rings is 1. The Morgan fingerprint density at radius 2 is 2.06 bits per heavy atom. The first kappa shape index (κ1) is 11.2. The minimum absolute atomic E-state index is 0.279. The molecule has 86 valence electrons. The fourth-order valence-corrected chi connectivity index (χ4v) is 2.00. The summed E-state index contributed by atoms with van der Waals surface area (Å²) in [5, 5.41) is 10.9. The van der Waals surface area contributed by atoms with Crippen molar-refractivity contribution in [2.24, 2.45) is 5.73 Å². The third-order valence-electron chi connectivity index (χ3n) is 2.92. The standard InChI is InChI=1S/C13H18N2O/c14-8-7-11(16)6-5-10-9-15-13-4-2-1-3-12(10)13/h1-4,9,11,15-16H,5-8,14H2/t11-/m0/s1. The number of hydrogen-bond donors (Lipinski definition) is 3. The molecule has 0 bridgehead atoms. The summed E-state index contributed by atoms with van der Waals surface area (Å²) < 4.78 is 0. The van der Waals surface area contributed by atoms with Crippen molar-refractivity contribution < 1.29 is 5.11 Å². The van der Waals surface area contributed by atoms with Crippen molar-refractivity contribution in [2.75, 3.05) is 6.54 Å². The average molecular weight is 218 g/mol. The van der Waals surface area contributed by atoms with E-state index in [9.17, 15) is 5.11 Å². The van der Waals surface area contributed by atoms with Gasteiger partial charge in [0.15, 0.2) is 0 Å². The number of aryl methyl sites for hydroxylation is 1. The highest BCUT2D eigenvalue weighted by Crippen LogP contribution is 2.19. The van der Waals surface area contributed by atoms with Crippen molar-refractivity contribution in [2.45, 2.75) is 25.4 Å². The predicted molar refractivity (Wildman–Crippen MR) is 66.3 cm³/mol. The summed E-state index contributed by atoms with van der Waals surface area (Å²) in [5.74, 6) is 0. The number of hydrogen-bond acceptors (Lipinski definition) is 2. The normalized spacial score (nSPS) is 13.1. The van der Waals surface area contributed by atoms with Gasteiger partial charge in [0.25, 0.3) is 0 Å². The molecule has 0 aliphatic heterocycles. The van der Waals surface area contributed by atoms with Crippen LogP contribution in [0.1, 0.15) is 18.4 Å². The molecule has 3 heteroatoms. The SMILES string of the molecule is NCC[C@@H](O)CCc1c[nH]c2ccccc12. The van der Waals surface area contributed by atoms with Gasteiger partial charge in [-0.2, -0.15) is 0 Å². The van der Waals surface area contributed by atoms with Gasteiger partial charge in [-0.3, -0.25) is 0 Å². The molecule has 1 aromatic carbocycles. The van der Waals surface area contributed by atoms with Crippen molar-refractivity contribution in [3.8, 4) is 0 Å². The van der Waals surface area contributed by atoms with E-state index < -0.39 is 0 Å². The second-order valence-electron chi connectivity index (χ2n) is 4.13. The van der Waals surface area contributed by atoms with E-state index in [4.69, 9.17) is 5.73 Å². The van der Waals surface area contributed by atoms with Crippen LogP contribution in [0.3, 0.4) is 0 Å². The highest BCUT2D eigenvalue weighted by molar-refractivity contribution is 5.82. The molecule has 0 unspecified atom stereocenters. The van der Waals surface area contributed by atoms with Gasteiger partial charge in [0, 0.05) is 17.1 Å². The molecule has 0 amide bonds. The van der Waals surface area contributed by atoms with E-state index in [0.29, 0.717) is 13.0 Å². The van der Waals surface area contributed by atoms with Crippen molar-refractivity contribution in [3.05, 3.63) is 36.0 Å². The van der Waals surface area contributed by atoms with Gasteiger partial charge in [0.05, 0.1) is 6.10 Å². The maximum Gasteiger partial charge on any atom is 0.0555 e. The second-order valence-corrected chi connectivity index (χ2v) is 4.13. The van der Waals surface area contributed by atoms with Gasteiger partial charge in [-0.15, -0.1) is 0 Å². The van der Waals surface area contributed by atoms with Gasteiger partial charge < -0.3 is 15.8 Å². The maximum absolute atomic E-state index is 9.63. The number of H-pyrrole nitrogens is 1. The van der Waals surface area contributed by atoms with Crippen LogP contribution in [0.5, 0.6) is 0 Å². The molecule has 0 saturated heterocycles. The quantitative estimate of drug-likeness (QED) is 0.716. The van der Waals surface area contributed by atoms with Crippen LogP contribution in [-0.4, -0.2) is 22.7 Å². The number of aliphatic hydroxyl groups excluding tert-OH is 1. The number of rotatable bonds is 5. The predicted octanol–water partition coefficient (Wildman–Crippen LogP) is 1.81. The number of aromatic amines is 1. The first-order valence-electron chi connectivity index (χ1n) is 5.74. The van der Waals surface area contributed by atoms with Gasteiger partial charge in [-0.25, -0.2) is 0 Å². The zero-order chi connectivity index (χ0) is 11.4. The first-order valence-corrected chi connectivity index (χ1v) is 5.74. The fraction of sp³-hybridized carbons (Fsp3) is 0.385. The number of nitrogens with one attached hydrogen (secondary N) is 1. The summed E-state index contributed by atoms with van der Waals surface area (Å²) in [6.07, 6.45) is 4.10. The summed E-state index contributed by atoms with van der Waals surface area (Å²) in [6, 6.07) is 8.23. The molecule has 3 nitrogen and oxygen atoms in total. The molecule has 0 fully saturated rings. The molecule has 2 aromatic rings. The molecular weight excluding hydrogens is 200 g/mol. The van der Waals surface area contributed by atoms with E-state index >= 15 is 0 Å². The van der Waals surface area contributed by atoms with Gasteiger partial charge in [0.1, 0.15) is 0 Å². The third kappa shape index (κ3) is 2.43. The van der Waals surface area contributed by atoms with Crippen molar-refractivity contribution in [1.82, 2.24) is 4.98 Å². The Labute approximate surface area is 95.3 Å². The van der Waals surface area contributed by atoms with Crippen LogP contribution in [0.4, 0.5) is 0 Å². The van der Waals surface area contributed by atoms with Gasteiger partial charge in [-0.05, 0) is 37.4 Å². The molecule has 1 atom stereocenters. The Hall–Kier alpha value is -1.32. The largest absolute Gasteiger partial charge is 0.393 e. The van der Waals surface area contributed by atoms with Gasteiger partial charge in [0.2, 0.25) is 0 Å². The molecule has 0 saturated carbocycles. The highest BCUT2D eigenvalue weighted by atomic mass is 16.3. The zero-order valence-corrected chi connectivity index (χ0v) is 9.32. The highest BCUT2D eigenvalue weighted by Gasteiger charge is 2.06. The Morgan fingerprint density at radius 3 is 2.88 bits per heavy atom. The lowest BCUT2D eigenvalue weighted by atomic mass is 10.0. The number of nitrogens with two attached hydrogens (primary N) is 1. The number of fused-ring (bicyclic) bond motifs is 1. The Bertz CT molecular complexity index is 450. The van der Waals surface area contributed by atoms with E-state index in [2.05, 4.69) is 17.1 Å². The van der Waals surface area contributed by atoms with Crippen LogP contribution in [-0.2, 0) is 6.42 Å². The third-order valence-corrected chi connectivity index (χ3v) is 2.92. The van der Waals surface area contributed by atoms with E-state index in [1.807, 2.05) is 18.3 Å². The first-order chi connectivity index (χ1) is 7.81. The number of aliphatic hydroxyl groups is 1. The lowest BCUT2D eigenvalue weighted by Gasteiger charge is -2.07. The molecule has 4 N–H and O–H groups in total. The molecule has 0 spiro atoms. The Kier molecular flexibility index (Phi) is 3.59. The second kappa shape index (κ2) is 5.14. The van der Waals surface area contributed by atoms with Crippen LogP contribution in [0.25, 0.3) is 10.9 Å². The molecule has 1 aromatic heterocycles. The van der Waals surface area contributed by atoms with E-state index in [-0.39, 0.29) is 6.10 Å². The summed E-state index contributed by atoms with van der Waals surface area (Å²) >= 11 is 0. The van der Waals surface area contributed by atoms with Gasteiger partial charge >= 0.3 is 0 Å². The molecule has 0 aliphatic carbocycles. The summed E-state index contributed by atoms with van der Waals surface area (Å²) in [6.45, 7) is 0.551. The topological polar surface area (TPSA) is 62.0 Å². The van der Waals surface area contributed by atoms with E-state index in [1.54, 1.807) is 0 Å². The lowest BCUT2D eigenvalue weighted by Crippen LogP contribution is -2.13. The average Bonchev–Trinajstić information content (AvgIpc) is 2.70. The molecule has 0 radical (unpaired) electrons. The monoisotopic (exact) mass is 218 g/mol. The van der Waals surface area contributed by atoms with Crippen molar-refractivity contribution in [3.63, 3.8) is 0 Å². The number of aromatic nitrogens is 1. The smallest absolute Gasteiger partial charge is 0.0555 e. The summed E-state index contributed by atoms with van der Waals surface area (Å²) in [5.41, 5.74) is 7.83.